The van der Waals surface area contributed by atoms with Crippen LogP contribution in [0.4, 0.5) is 0 Å². The van der Waals surface area contributed by atoms with Crippen LogP contribution in [0.15, 0.2) is 24.3 Å². The van der Waals surface area contributed by atoms with Gasteiger partial charge in [0.25, 0.3) is 0 Å². The maximum atomic E-state index is 11.4. The van der Waals surface area contributed by atoms with E-state index >= 15 is 0 Å². The second-order valence-electron chi connectivity index (χ2n) is 5.10. The van der Waals surface area contributed by atoms with E-state index in [0.29, 0.717) is 18.1 Å². The molecule has 0 aromatic heterocycles. The van der Waals surface area contributed by atoms with Crippen molar-refractivity contribution >= 4 is 9.84 Å². The molecule has 0 aliphatic carbocycles. The first kappa shape index (κ1) is 14.5. The maximum Gasteiger partial charge on any atom is 0.150 e. The molecular formula is C14H21NO3S. The van der Waals surface area contributed by atoms with Gasteiger partial charge in [-0.15, -0.1) is 0 Å². The van der Waals surface area contributed by atoms with E-state index in [0.717, 1.165) is 19.5 Å². The molecule has 0 saturated carbocycles. The molecule has 5 heteroatoms. The predicted octanol–water partition coefficient (Wildman–Crippen LogP) is 1.36. The third-order valence-electron chi connectivity index (χ3n) is 3.49. The zero-order valence-corrected chi connectivity index (χ0v) is 12.1. The number of nitrogens with one attached hydrogen (secondary N) is 1. The van der Waals surface area contributed by atoms with Crippen LogP contribution in [0.5, 0.6) is 0 Å². The standard InChI is InChI=1S/C14H21NO3S/c1-18-10-14-5-3-2-4-13(14)9-15-8-12-6-7-19(16,17)11-12/h2-5,12,15H,6-11H2,1H3. The molecule has 1 fully saturated rings. The Morgan fingerprint density at radius 3 is 2.68 bits per heavy atom. The Morgan fingerprint density at radius 2 is 2.05 bits per heavy atom. The molecule has 1 N–H and O–H groups in total. The first-order valence-corrected chi connectivity index (χ1v) is 8.40. The van der Waals surface area contributed by atoms with Crippen molar-refractivity contribution in [3.05, 3.63) is 35.4 Å². The third kappa shape index (κ3) is 4.30. The summed E-state index contributed by atoms with van der Waals surface area (Å²) in [6, 6.07) is 8.14. The molecule has 2 rings (SSSR count). The van der Waals surface area contributed by atoms with Crippen LogP contribution in [0.25, 0.3) is 0 Å². The highest BCUT2D eigenvalue weighted by atomic mass is 32.2. The lowest BCUT2D eigenvalue weighted by molar-refractivity contribution is 0.184. The van der Waals surface area contributed by atoms with Gasteiger partial charge in [-0.2, -0.15) is 0 Å². The fraction of sp³-hybridized carbons (Fsp3) is 0.571. The van der Waals surface area contributed by atoms with Crippen LogP contribution >= 0.6 is 0 Å². The fourth-order valence-electron chi connectivity index (χ4n) is 2.47. The van der Waals surface area contributed by atoms with E-state index in [4.69, 9.17) is 4.74 Å². The van der Waals surface area contributed by atoms with Crippen molar-refractivity contribution in [3.63, 3.8) is 0 Å². The Labute approximate surface area is 115 Å². The molecule has 19 heavy (non-hydrogen) atoms. The van der Waals surface area contributed by atoms with E-state index in [-0.39, 0.29) is 5.92 Å². The van der Waals surface area contributed by atoms with Gasteiger partial charge in [0.1, 0.15) is 0 Å². The molecule has 1 aromatic carbocycles. The molecule has 1 heterocycles. The molecule has 106 valence electrons. The van der Waals surface area contributed by atoms with E-state index in [1.54, 1.807) is 7.11 Å². The second-order valence-corrected chi connectivity index (χ2v) is 7.33. The van der Waals surface area contributed by atoms with Crippen LogP contribution in [-0.2, 0) is 27.7 Å². The number of hydrogen-bond acceptors (Lipinski definition) is 4. The van der Waals surface area contributed by atoms with Crippen LogP contribution in [0, 0.1) is 5.92 Å². The predicted molar refractivity (Wildman–Crippen MR) is 75.6 cm³/mol. The van der Waals surface area contributed by atoms with Gasteiger partial charge < -0.3 is 10.1 Å². The number of ether oxygens (including phenoxy) is 1. The highest BCUT2D eigenvalue weighted by Gasteiger charge is 2.27. The molecule has 1 atom stereocenters. The van der Waals surface area contributed by atoms with Gasteiger partial charge in [-0.3, -0.25) is 0 Å². The van der Waals surface area contributed by atoms with Crippen LogP contribution in [-0.4, -0.2) is 33.6 Å². The van der Waals surface area contributed by atoms with Gasteiger partial charge in [-0.05, 0) is 30.0 Å². The summed E-state index contributed by atoms with van der Waals surface area (Å²) in [6.45, 7) is 2.13. The summed E-state index contributed by atoms with van der Waals surface area (Å²) in [6.07, 6.45) is 0.787. The summed E-state index contributed by atoms with van der Waals surface area (Å²) in [4.78, 5) is 0. The van der Waals surface area contributed by atoms with Crippen molar-refractivity contribution in [1.29, 1.82) is 0 Å². The van der Waals surface area contributed by atoms with E-state index in [1.807, 2.05) is 12.1 Å². The molecule has 1 aliphatic rings. The number of sulfone groups is 1. The molecule has 4 nitrogen and oxygen atoms in total. The minimum atomic E-state index is -2.77. The van der Waals surface area contributed by atoms with Gasteiger partial charge in [0, 0.05) is 13.7 Å². The Morgan fingerprint density at radius 1 is 1.32 bits per heavy atom. The van der Waals surface area contributed by atoms with Crippen LogP contribution < -0.4 is 5.32 Å². The zero-order chi connectivity index (χ0) is 13.7. The van der Waals surface area contributed by atoms with Gasteiger partial charge >= 0.3 is 0 Å². The Hall–Kier alpha value is -0.910. The Bertz CT molecular complexity index is 513. The summed E-state index contributed by atoms with van der Waals surface area (Å²) in [5, 5.41) is 3.36. The highest BCUT2D eigenvalue weighted by molar-refractivity contribution is 7.91. The van der Waals surface area contributed by atoms with Gasteiger partial charge in [0.05, 0.1) is 18.1 Å². The first-order chi connectivity index (χ1) is 9.11. The Balaban J connectivity index is 1.83. The van der Waals surface area contributed by atoms with Crippen molar-refractivity contribution in [1.82, 2.24) is 5.32 Å². The molecule has 1 aliphatic heterocycles. The second kappa shape index (κ2) is 6.50. The van der Waals surface area contributed by atoms with Crippen molar-refractivity contribution in [2.24, 2.45) is 5.92 Å². The summed E-state index contributed by atoms with van der Waals surface area (Å²) >= 11 is 0. The summed E-state index contributed by atoms with van der Waals surface area (Å²) in [5.74, 6) is 0.943. The van der Waals surface area contributed by atoms with Crippen molar-refractivity contribution in [2.45, 2.75) is 19.6 Å². The molecule has 0 bridgehead atoms. The number of rotatable bonds is 6. The zero-order valence-electron chi connectivity index (χ0n) is 11.3. The normalized spacial score (nSPS) is 21.6. The van der Waals surface area contributed by atoms with E-state index in [1.165, 1.54) is 11.1 Å². The van der Waals surface area contributed by atoms with Crippen molar-refractivity contribution in [3.8, 4) is 0 Å². The molecular weight excluding hydrogens is 262 g/mol. The van der Waals surface area contributed by atoms with Crippen LogP contribution in [0.2, 0.25) is 0 Å². The van der Waals surface area contributed by atoms with Crippen molar-refractivity contribution < 1.29 is 13.2 Å². The third-order valence-corrected chi connectivity index (χ3v) is 5.33. The van der Waals surface area contributed by atoms with Gasteiger partial charge in [-0.1, -0.05) is 24.3 Å². The number of hydrogen-bond donors (Lipinski definition) is 1. The largest absolute Gasteiger partial charge is 0.380 e. The average molecular weight is 283 g/mol. The molecule has 0 radical (unpaired) electrons. The molecule has 1 aromatic rings. The van der Waals surface area contributed by atoms with Crippen LogP contribution in [0.1, 0.15) is 17.5 Å². The van der Waals surface area contributed by atoms with E-state index in [2.05, 4.69) is 17.4 Å². The molecule has 0 spiro atoms. The minimum Gasteiger partial charge on any atom is -0.380 e. The molecule has 1 saturated heterocycles. The maximum absolute atomic E-state index is 11.4. The van der Waals surface area contributed by atoms with E-state index in [9.17, 15) is 8.42 Å². The summed E-state index contributed by atoms with van der Waals surface area (Å²) in [7, 11) is -1.08. The van der Waals surface area contributed by atoms with Gasteiger partial charge in [-0.25, -0.2) is 8.42 Å². The van der Waals surface area contributed by atoms with Gasteiger partial charge in [0.15, 0.2) is 9.84 Å². The molecule has 0 amide bonds. The SMILES string of the molecule is COCc1ccccc1CNCC1CCS(=O)(=O)C1. The highest BCUT2D eigenvalue weighted by Crippen LogP contribution is 2.17. The fourth-order valence-corrected chi connectivity index (χ4v) is 4.33. The topological polar surface area (TPSA) is 55.4 Å². The van der Waals surface area contributed by atoms with E-state index < -0.39 is 9.84 Å². The Kier molecular flexibility index (Phi) is 4.96. The van der Waals surface area contributed by atoms with Gasteiger partial charge in [0.2, 0.25) is 0 Å². The lowest BCUT2D eigenvalue weighted by Gasteiger charge is -2.12. The number of methoxy groups -OCH3 is 1. The molecule has 1 unspecified atom stereocenters. The summed E-state index contributed by atoms with van der Waals surface area (Å²) in [5.41, 5.74) is 2.39. The first-order valence-electron chi connectivity index (χ1n) is 6.57. The van der Waals surface area contributed by atoms with Crippen molar-refractivity contribution in [2.75, 3.05) is 25.2 Å². The quantitative estimate of drug-likeness (QED) is 0.856. The minimum absolute atomic E-state index is 0.264. The average Bonchev–Trinajstić information content (AvgIpc) is 2.71. The van der Waals surface area contributed by atoms with Crippen LogP contribution in [0.3, 0.4) is 0 Å². The smallest absolute Gasteiger partial charge is 0.150 e. The number of benzene rings is 1. The summed E-state index contributed by atoms with van der Waals surface area (Å²) < 4.78 is 27.9. The lowest BCUT2D eigenvalue weighted by Crippen LogP contribution is -2.23. The lowest BCUT2D eigenvalue weighted by atomic mass is 10.1. The monoisotopic (exact) mass is 283 g/mol.